The highest BCUT2D eigenvalue weighted by Gasteiger charge is 2.15. The van der Waals surface area contributed by atoms with Gasteiger partial charge in [0.1, 0.15) is 0 Å². The molecule has 5 nitrogen and oxygen atoms in total. The summed E-state index contributed by atoms with van der Waals surface area (Å²) in [5.74, 6) is 1.28. The minimum Gasteiger partial charge on any atom is -0.493 e. The van der Waals surface area contributed by atoms with E-state index in [4.69, 9.17) is 14.2 Å². The predicted molar refractivity (Wildman–Crippen MR) is 68.0 cm³/mol. The molecule has 1 aromatic rings. The van der Waals surface area contributed by atoms with Crippen molar-refractivity contribution < 1.29 is 19.0 Å². The Morgan fingerprint density at radius 1 is 1.28 bits per heavy atom. The van der Waals surface area contributed by atoms with E-state index in [1.807, 2.05) is 18.2 Å². The molecule has 0 N–H and O–H groups in total. The lowest BCUT2D eigenvalue weighted by Crippen LogP contribution is -2.27. The number of rotatable bonds is 5. The molecule has 0 aliphatic heterocycles. The van der Waals surface area contributed by atoms with Crippen LogP contribution in [0.5, 0.6) is 11.5 Å². The number of para-hydroxylation sites is 1. The molecule has 0 aliphatic rings. The number of carbonyl (C=O) groups excluding carboxylic acids is 1. The topological polar surface area (TPSA) is 48.0 Å². The maximum absolute atomic E-state index is 11.5. The van der Waals surface area contributed by atoms with E-state index in [0.29, 0.717) is 24.7 Å². The van der Waals surface area contributed by atoms with Gasteiger partial charge in [0.05, 0.1) is 27.4 Å². The summed E-state index contributed by atoms with van der Waals surface area (Å²) >= 11 is 0. The van der Waals surface area contributed by atoms with Crippen molar-refractivity contribution >= 4 is 6.09 Å². The summed E-state index contributed by atoms with van der Waals surface area (Å²) in [6, 6.07) is 5.56. The van der Waals surface area contributed by atoms with Crippen molar-refractivity contribution in [3.05, 3.63) is 23.8 Å². The molecule has 1 amide bonds. The van der Waals surface area contributed by atoms with Gasteiger partial charge in [-0.25, -0.2) is 4.79 Å². The summed E-state index contributed by atoms with van der Waals surface area (Å²) in [5, 5.41) is 0. The zero-order valence-electron chi connectivity index (χ0n) is 11.2. The van der Waals surface area contributed by atoms with E-state index in [-0.39, 0.29) is 6.09 Å². The number of ether oxygens (including phenoxy) is 3. The first-order valence-electron chi connectivity index (χ1n) is 5.71. The van der Waals surface area contributed by atoms with Crippen LogP contribution in [-0.2, 0) is 11.3 Å². The van der Waals surface area contributed by atoms with Gasteiger partial charge < -0.3 is 19.1 Å². The highest BCUT2D eigenvalue weighted by Crippen LogP contribution is 2.31. The molecule has 0 aromatic heterocycles. The molecule has 1 aromatic carbocycles. The maximum Gasteiger partial charge on any atom is 0.409 e. The van der Waals surface area contributed by atoms with Crippen molar-refractivity contribution in [2.75, 3.05) is 27.9 Å². The standard InChI is InChI=1S/C13H19NO4/c1-5-18-13(15)14(2)9-10-7-6-8-11(16-3)12(10)17-4/h6-8H,5,9H2,1-4H3. The molecule has 0 atom stereocenters. The molecule has 0 heterocycles. The van der Waals surface area contributed by atoms with Gasteiger partial charge in [-0.05, 0) is 13.0 Å². The summed E-state index contributed by atoms with van der Waals surface area (Å²) in [6.07, 6.45) is -0.359. The van der Waals surface area contributed by atoms with Crippen molar-refractivity contribution in [3.8, 4) is 11.5 Å². The van der Waals surface area contributed by atoms with Crippen molar-refractivity contribution in [1.82, 2.24) is 4.90 Å². The van der Waals surface area contributed by atoms with Crippen LogP contribution in [0.25, 0.3) is 0 Å². The van der Waals surface area contributed by atoms with Crippen LogP contribution in [0.1, 0.15) is 12.5 Å². The second-order valence-electron chi connectivity index (χ2n) is 3.71. The number of carbonyl (C=O) groups is 1. The lowest BCUT2D eigenvalue weighted by Gasteiger charge is -2.19. The molecular weight excluding hydrogens is 234 g/mol. The van der Waals surface area contributed by atoms with Gasteiger partial charge in [-0.2, -0.15) is 0 Å². The van der Waals surface area contributed by atoms with E-state index in [9.17, 15) is 4.79 Å². The second kappa shape index (κ2) is 6.74. The highest BCUT2D eigenvalue weighted by molar-refractivity contribution is 5.67. The summed E-state index contributed by atoms with van der Waals surface area (Å²) < 4.78 is 15.4. The monoisotopic (exact) mass is 253 g/mol. The minimum absolute atomic E-state index is 0.359. The molecular formula is C13H19NO4. The predicted octanol–water partition coefficient (Wildman–Crippen LogP) is 2.29. The van der Waals surface area contributed by atoms with Crippen LogP contribution in [0.15, 0.2) is 18.2 Å². The largest absolute Gasteiger partial charge is 0.493 e. The molecule has 0 aliphatic carbocycles. The number of nitrogens with zero attached hydrogens (tertiary/aromatic N) is 1. The molecule has 0 spiro atoms. The minimum atomic E-state index is -0.359. The van der Waals surface area contributed by atoms with Gasteiger partial charge in [0.15, 0.2) is 11.5 Å². The number of benzene rings is 1. The molecule has 1 rings (SSSR count). The Bertz CT molecular complexity index is 406. The SMILES string of the molecule is CCOC(=O)N(C)Cc1cccc(OC)c1OC. The van der Waals surface area contributed by atoms with Crippen molar-refractivity contribution in [3.63, 3.8) is 0 Å². The Kier molecular flexibility index (Phi) is 5.30. The van der Waals surface area contributed by atoms with Crippen molar-refractivity contribution in [2.24, 2.45) is 0 Å². The van der Waals surface area contributed by atoms with Crippen LogP contribution in [0.4, 0.5) is 4.79 Å². The van der Waals surface area contributed by atoms with Gasteiger partial charge in [0, 0.05) is 12.6 Å². The van der Waals surface area contributed by atoms with E-state index in [0.717, 1.165) is 5.56 Å². The van der Waals surface area contributed by atoms with Gasteiger partial charge in [-0.1, -0.05) is 12.1 Å². The first kappa shape index (κ1) is 14.2. The smallest absolute Gasteiger partial charge is 0.409 e. The van der Waals surface area contributed by atoms with Crippen LogP contribution in [-0.4, -0.2) is 38.9 Å². The Balaban J connectivity index is 2.87. The Labute approximate surface area is 107 Å². The van der Waals surface area contributed by atoms with E-state index >= 15 is 0 Å². The van der Waals surface area contributed by atoms with Gasteiger partial charge >= 0.3 is 6.09 Å². The third-order valence-electron chi connectivity index (χ3n) is 2.47. The Morgan fingerprint density at radius 2 is 2.00 bits per heavy atom. The van der Waals surface area contributed by atoms with Crippen LogP contribution < -0.4 is 9.47 Å². The average Bonchev–Trinajstić information content (AvgIpc) is 2.38. The molecule has 0 saturated carbocycles. The van der Waals surface area contributed by atoms with Gasteiger partial charge in [0.2, 0.25) is 0 Å². The van der Waals surface area contributed by atoms with Gasteiger partial charge in [0.25, 0.3) is 0 Å². The second-order valence-corrected chi connectivity index (χ2v) is 3.71. The molecule has 0 unspecified atom stereocenters. The molecule has 18 heavy (non-hydrogen) atoms. The summed E-state index contributed by atoms with van der Waals surface area (Å²) in [4.78, 5) is 13.0. The number of hydrogen-bond acceptors (Lipinski definition) is 4. The zero-order chi connectivity index (χ0) is 13.5. The van der Waals surface area contributed by atoms with E-state index in [2.05, 4.69) is 0 Å². The van der Waals surface area contributed by atoms with E-state index in [1.54, 1.807) is 28.2 Å². The molecule has 0 fully saturated rings. The maximum atomic E-state index is 11.5. The Morgan fingerprint density at radius 3 is 2.56 bits per heavy atom. The molecule has 0 bridgehead atoms. The van der Waals surface area contributed by atoms with Gasteiger partial charge in [-0.3, -0.25) is 0 Å². The summed E-state index contributed by atoms with van der Waals surface area (Å²) in [7, 11) is 4.83. The lowest BCUT2D eigenvalue weighted by molar-refractivity contribution is 0.114. The van der Waals surface area contributed by atoms with Crippen LogP contribution in [0.3, 0.4) is 0 Å². The number of methoxy groups -OCH3 is 2. The molecule has 0 saturated heterocycles. The first-order chi connectivity index (χ1) is 8.63. The van der Waals surface area contributed by atoms with E-state index < -0.39 is 0 Å². The summed E-state index contributed by atoms with van der Waals surface area (Å²) in [5.41, 5.74) is 0.868. The fourth-order valence-electron chi connectivity index (χ4n) is 1.63. The number of hydrogen-bond donors (Lipinski definition) is 0. The fourth-order valence-corrected chi connectivity index (χ4v) is 1.63. The number of amides is 1. The zero-order valence-corrected chi connectivity index (χ0v) is 11.2. The van der Waals surface area contributed by atoms with Crippen molar-refractivity contribution in [2.45, 2.75) is 13.5 Å². The van der Waals surface area contributed by atoms with Gasteiger partial charge in [-0.15, -0.1) is 0 Å². The normalized spacial score (nSPS) is 9.78. The first-order valence-corrected chi connectivity index (χ1v) is 5.71. The van der Waals surface area contributed by atoms with E-state index in [1.165, 1.54) is 4.90 Å². The molecule has 5 heteroatoms. The summed E-state index contributed by atoms with van der Waals surface area (Å²) in [6.45, 7) is 2.54. The molecule has 0 radical (unpaired) electrons. The Hall–Kier alpha value is -1.91. The average molecular weight is 253 g/mol. The van der Waals surface area contributed by atoms with Crippen LogP contribution in [0.2, 0.25) is 0 Å². The van der Waals surface area contributed by atoms with Crippen LogP contribution in [0, 0.1) is 0 Å². The third-order valence-corrected chi connectivity index (χ3v) is 2.47. The fraction of sp³-hybridized carbons (Fsp3) is 0.462. The van der Waals surface area contributed by atoms with Crippen molar-refractivity contribution in [1.29, 1.82) is 0 Å². The highest BCUT2D eigenvalue weighted by atomic mass is 16.6. The quantitative estimate of drug-likeness (QED) is 0.807. The molecule has 100 valence electrons. The lowest BCUT2D eigenvalue weighted by atomic mass is 10.2. The third kappa shape index (κ3) is 3.29. The van der Waals surface area contributed by atoms with Crippen LogP contribution >= 0.6 is 0 Å².